The van der Waals surface area contributed by atoms with E-state index >= 15 is 0 Å². The molecule has 0 amide bonds. The number of oxazole rings is 1. The molecule has 3 nitrogen and oxygen atoms in total. The van der Waals surface area contributed by atoms with Crippen molar-refractivity contribution in [3.8, 4) is 0 Å². The van der Waals surface area contributed by atoms with E-state index in [9.17, 15) is 9.18 Å². The van der Waals surface area contributed by atoms with Crippen LogP contribution in [-0.4, -0.2) is 4.57 Å². The fraction of sp³-hybridized carbons (Fsp3) is 0.125. The minimum absolute atomic E-state index is 0.0122. The van der Waals surface area contributed by atoms with Crippen molar-refractivity contribution in [2.45, 2.75) is 0 Å². The quantitative estimate of drug-likeness (QED) is 0.712. The zero-order chi connectivity index (χ0) is 9.59. The first kappa shape index (κ1) is 8.50. The maximum Gasteiger partial charge on any atom is 0.419 e. The largest absolute Gasteiger partial charge is 0.419 e. The number of hydrogen-bond donors (Lipinski definition) is 0. The van der Waals surface area contributed by atoms with E-state index in [1.807, 2.05) is 0 Å². The van der Waals surface area contributed by atoms with Gasteiger partial charge in [-0.05, 0) is 28.1 Å². The molecule has 0 saturated heterocycles. The minimum Gasteiger partial charge on any atom is -0.404 e. The Bertz CT molecular complexity index is 529. The third-order valence-corrected chi connectivity index (χ3v) is 2.47. The van der Waals surface area contributed by atoms with Crippen molar-refractivity contribution in [3.63, 3.8) is 0 Å². The van der Waals surface area contributed by atoms with E-state index in [-0.39, 0.29) is 5.58 Å². The first-order valence-corrected chi connectivity index (χ1v) is 4.34. The third kappa shape index (κ3) is 1.11. The number of nitrogens with zero attached hydrogens (tertiary/aromatic N) is 1. The zero-order valence-corrected chi connectivity index (χ0v) is 8.26. The van der Waals surface area contributed by atoms with E-state index in [1.165, 1.54) is 23.7 Å². The topological polar surface area (TPSA) is 35.1 Å². The summed E-state index contributed by atoms with van der Waals surface area (Å²) < 4.78 is 19.7. The second kappa shape index (κ2) is 2.70. The number of hydrogen-bond acceptors (Lipinski definition) is 2. The zero-order valence-electron chi connectivity index (χ0n) is 6.67. The maximum absolute atomic E-state index is 13.1. The Kier molecular flexibility index (Phi) is 1.76. The Hall–Kier alpha value is -1.10. The Morgan fingerprint density at radius 1 is 1.54 bits per heavy atom. The molecule has 0 unspecified atom stereocenters. The molecule has 2 rings (SSSR count). The van der Waals surface area contributed by atoms with Gasteiger partial charge < -0.3 is 4.42 Å². The summed E-state index contributed by atoms with van der Waals surface area (Å²) in [6, 6.07) is 2.78. The van der Waals surface area contributed by atoms with Crippen molar-refractivity contribution in [2.24, 2.45) is 7.05 Å². The molecule has 0 aliphatic heterocycles. The lowest BCUT2D eigenvalue weighted by Gasteiger charge is -1.95. The van der Waals surface area contributed by atoms with Gasteiger partial charge in [0, 0.05) is 11.5 Å². The standard InChI is InChI=1S/C8H5BrFNO2/c1-11-6-4(9)2-3-5(10)7(6)13-8(11)12/h2-3H,1H3. The van der Waals surface area contributed by atoms with Crippen molar-refractivity contribution in [3.05, 3.63) is 33.0 Å². The van der Waals surface area contributed by atoms with Crippen molar-refractivity contribution in [2.75, 3.05) is 0 Å². The van der Waals surface area contributed by atoms with E-state index in [0.717, 1.165) is 0 Å². The highest BCUT2D eigenvalue weighted by Crippen LogP contribution is 2.24. The normalized spacial score (nSPS) is 11.0. The SMILES string of the molecule is Cn1c(=O)oc2c(F)ccc(Br)c21. The van der Waals surface area contributed by atoms with Crippen molar-refractivity contribution in [1.29, 1.82) is 0 Å². The highest BCUT2D eigenvalue weighted by atomic mass is 79.9. The molecule has 68 valence electrons. The lowest BCUT2D eigenvalue weighted by Crippen LogP contribution is -2.08. The second-order valence-electron chi connectivity index (χ2n) is 2.63. The number of halogens is 2. The molecular weight excluding hydrogens is 241 g/mol. The van der Waals surface area contributed by atoms with Gasteiger partial charge in [0.1, 0.15) is 5.52 Å². The van der Waals surface area contributed by atoms with Gasteiger partial charge in [0.25, 0.3) is 0 Å². The summed E-state index contributed by atoms with van der Waals surface area (Å²) in [7, 11) is 1.53. The molecule has 0 fully saturated rings. The molecule has 0 spiro atoms. The van der Waals surface area contributed by atoms with Gasteiger partial charge in [0.15, 0.2) is 11.4 Å². The van der Waals surface area contributed by atoms with Gasteiger partial charge in [0.05, 0.1) is 0 Å². The van der Waals surface area contributed by atoms with Gasteiger partial charge in [-0.15, -0.1) is 0 Å². The number of benzene rings is 1. The smallest absolute Gasteiger partial charge is 0.404 e. The molecule has 0 atom stereocenters. The third-order valence-electron chi connectivity index (χ3n) is 1.83. The molecule has 1 aromatic carbocycles. The Morgan fingerprint density at radius 2 is 2.23 bits per heavy atom. The highest BCUT2D eigenvalue weighted by molar-refractivity contribution is 9.10. The molecule has 5 heteroatoms. The Morgan fingerprint density at radius 3 is 2.85 bits per heavy atom. The van der Waals surface area contributed by atoms with Crippen LogP contribution in [0.15, 0.2) is 25.8 Å². The fourth-order valence-electron chi connectivity index (χ4n) is 1.18. The summed E-state index contributed by atoms with van der Waals surface area (Å²) in [5.74, 6) is -1.10. The highest BCUT2D eigenvalue weighted by Gasteiger charge is 2.12. The summed E-state index contributed by atoms with van der Waals surface area (Å²) in [6.07, 6.45) is 0. The average Bonchev–Trinajstić information content (AvgIpc) is 2.38. The number of fused-ring (bicyclic) bond motifs is 1. The van der Waals surface area contributed by atoms with Crippen LogP contribution in [0, 0.1) is 5.82 Å². The van der Waals surface area contributed by atoms with Crippen molar-refractivity contribution in [1.82, 2.24) is 4.57 Å². The van der Waals surface area contributed by atoms with E-state index in [0.29, 0.717) is 9.99 Å². The predicted molar refractivity (Wildman–Crippen MR) is 49.1 cm³/mol. The summed E-state index contributed by atoms with van der Waals surface area (Å²) in [4.78, 5) is 11.1. The van der Waals surface area contributed by atoms with Gasteiger partial charge >= 0.3 is 5.76 Å². The fourth-order valence-corrected chi connectivity index (χ4v) is 1.76. The minimum atomic E-state index is -0.569. The van der Waals surface area contributed by atoms with Crippen LogP contribution in [0.4, 0.5) is 4.39 Å². The number of aromatic nitrogens is 1. The average molecular weight is 246 g/mol. The Labute approximate surface area is 80.9 Å². The van der Waals surface area contributed by atoms with Gasteiger partial charge in [-0.1, -0.05) is 0 Å². The molecule has 0 aliphatic rings. The van der Waals surface area contributed by atoms with Gasteiger partial charge in [-0.3, -0.25) is 4.57 Å². The molecule has 0 radical (unpaired) electrons. The number of aryl methyl sites for hydroxylation is 1. The summed E-state index contributed by atoms with van der Waals surface area (Å²) in [6.45, 7) is 0. The van der Waals surface area contributed by atoms with Crippen LogP contribution in [-0.2, 0) is 7.05 Å². The van der Waals surface area contributed by atoms with E-state index in [1.54, 1.807) is 0 Å². The van der Waals surface area contributed by atoms with Crippen LogP contribution < -0.4 is 5.76 Å². The van der Waals surface area contributed by atoms with Crippen LogP contribution >= 0.6 is 15.9 Å². The Balaban J connectivity index is 3.09. The van der Waals surface area contributed by atoms with Crippen molar-refractivity contribution < 1.29 is 8.81 Å². The predicted octanol–water partition coefficient (Wildman–Crippen LogP) is 2.03. The lowest BCUT2D eigenvalue weighted by molar-refractivity contribution is 0.505. The van der Waals surface area contributed by atoms with Crippen LogP contribution in [0.3, 0.4) is 0 Å². The first-order chi connectivity index (χ1) is 6.11. The van der Waals surface area contributed by atoms with Gasteiger partial charge in [-0.2, -0.15) is 0 Å². The molecular formula is C8H5BrFNO2. The molecule has 1 heterocycles. The van der Waals surface area contributed by atoms with E-state index in [2.05, 4.69) is 15.9 Å². The van der Waals surface area contributed by atoms with E-state index in [4.69, 9.17) is 4.42 Å². The lowest BCUT2D eigenvalue weighted by atomic mass is 10.3. The molecule has 0 bridgehead atoms. The van der Waals surface area contributed by atoms with Crippen LogP contribution in [0.5, 0.6) is 0 Å². The van der Waals surface area contributed by atoms with Crippen LogP contribution in [0.2, 0.25) is 0 Å². The molecule has 13 heavy (non-hydrogen) atoms. The molecule has 1 aromatic heterocycles. The number of rotatable bonds is 0. The summed E-state index contributed by atoms with van der Waals surface area (Å²) >= 11 is 3.21. The molecule has 2 aromatic rings. The summed E-state index contributed by atoms with van der Waals surface area (Å²) in [5, 5.41) is 0. The maximum atomic E-state index is 13.1. The molecule has 0 N–H and O–H groups in total. The van der Waals surface area contributed by atoms with Gasteiger partial charge in [0.2, 0.25) is 0 Å². The molecule has 0 saturated carbocycles. The van der Waals surface area contributed by atoms with Gasteiger partial charge in [-0.25, -0.2) is 9.18 Å². The van der Waals surface area contributed by atoms with Crippen LogP contribution in [0.25, 0.3) is 11.1 Å². The van der Waals surface area contributed by atoms with Crippen molar-refractivity contribution >= 4 is 27.0 Å². The van der Waals surface area contributed by atoms with E-state index < -0.39 is 11.6 Å². The monoisotopic (exact) mass is 245 g/mol. The summed E-state index contributed by atoms with van der Waals surface area (Å²) in [5.41, 5.74) is 0.423. The second-order valence-corrected chi connectivity index (χ2v) is 3.49. The first-order valence-electron chi connectivity index (χ1n) is 3.55. The van der Waals surface area contributed by atoms with Crippen LogP contribution in [0.1, 0.15) is 0 Å². The molecule has 0 aliphatic carbocycles.